The molecular formula is C17H17N3O5S. The van der Waals surface area contributed by atoms with Gasteiger partial charge in [-0.3, -0.25) is 4.79 Å². The van der Waals surface area contributed by atoms with Gasteiger partial charge in [0.05, 0.1) is 22.7 Å². The van der Waals surface area contributed by atoms with Crippen molar-refractivity contribution in [1.82, 2.24) is 14.8 Å². The molecule has 0 aliphatic carbocycles. The Labute approximate surface area is 152 Å². The third-order valence-electron chi connectivity index (χ3n) is 3.83. The molecule has 136 valence electrons. The lowest BCUT2D eigenvalue weighted by Gasteiger charge is -2.02. The maximum absolute atomic E-state index is 12.6. The van der Waals surface area contributed by atoms with Gasteiger partial charge >= 0.3 is 11.7 Å². The van der Waals surface area contributed by atoms with Gasteiger partial charge in [0.2, 0.25) is 5.78 Å². The summed E-state index contributed by atoms with van der Waals surface area (Å²) in [5.74, 6) is -1.41. The molecule has 0 fully saturated rings. The van der Waals surface area contributed by atoms with Gasteiger partial charge in [0.15, 0.2) is 0 Å². The molecule has 26 heavy (non-hydrogen) atoms. The molecule has 0 amide bonds. The van der Waals surface area contributed by atoms with E-state index in [2.05, 4.69) is 10.1 Å². The number of carbonyl (C=O) groups is 2. The summed E-state index contributed by atoms with van der Waals surface area (Å²) in [4.78, 5) is 40.2. The molecule has 0 aliphatic rings. The number of aryl methyl sites for hydroxylation is 1. The molecule has 0 unspecified atom stereocenters. The van der Waals surface area contributed by atoms with E-state index in [1.165, 1.54) is 11.3 Å². The molecule has 0 saturated carbocycles. The van der Waals surface area contributed by atoms with Gasteiger partial charge in [-0.15, -0.1) is 16.4 Å². The Hall–Kier alpha value is -2.94. The Morgan fingerprint density at radius 1 is 1.38 bits per heavy atom. The highest BCUT2D eigenvalue weighted by molar-refractivity contribution is 7.13. The normalized spacial score (nSPS) is 10.9. The minimum Gasteiger partial charge on any atom is -0.462 e. The highest BCUT2D eigenvalue weighted by Gasteiger charge is 2.24. The first-order chi connectivity index (χ1) is 12.4. The number of nitrogens with zero attached hydrogens (tertiary/aromatic N) is 2. The second-order valence-electron chi connectivity index (χ2n) is 5.58. The summed E-state index contributed by atoms with van der Waals surface area (Å²) in [5, 5.41) is 5.90. The highest BCUT2D eigenvalue weighted by atomic mass is 32.1. The number of H-pyrrole nitrogens is 1. The molecular weight excluding hydrogens is 358 g/mol. The summed E-state index contributed by atoms with van der Waals surface area (Å²) in [6.07, 6.45) is 0. The van der Waals surface area contributed by atoms with Gasteiger partial charge in [-0.05, 0) is 37.8 Å². The summed E-state index contributed by atoms with van der Waals surface area (Å²) in [7, 11) is 0. The van der Waals surface area contributed by atoms with E-state index in [9.17, 15) is 14.4 Å². The van der Waals surface area contributed by atoms with Crippen molar-refractivity contribution in [3.05, 3.63) is 50.6 Å². The molecule has 0 saturated heterocycles. The van der Waals surface area contributed by atoms with Crippen molar-refractivity contribution in [3.8, 4) is 10.8 Å². The number of ketones is 1. The largest absolute Gasteiger partial charge is 0.462 e. The predicted molar refractivity (Wildman–Crippen MR) is 94.6 cm³/mol. The summed E-state index contributed by atoms with van der Waals surface area (Å²) in [6, 6.07) is 3.58. The van der Waals surface area contributed by atoms with Crippen molar-refractivity contribution in [2.75, 3.05) is 6.61 Å². The van der Waals surface area contributed by atoms with Crippen LogP contribution in [0.1, 0.15) is 39.0 Å². The Bertz CT molecular complexity index is 1010. The summed E-state index contributed by atoms with van der Waals surface area (Å²) in [6.45, 7) is 5.01. The number of nitrogens with one attached hydrogen (secondary N) is 1. The summed E-state index contributed by atoms with van der Waals surface area (Å²) in [5.41, 5.74) is 1.61. The molecule has 3 aromatic heterocycles. The monoisotopic (exact) mass is 375 g/mol. The van der Waals surface area contributed by atoms with Gasteiger partial charge in [0.1, 0.15) is 6.54 Å². The molecule has 8 nitrogen and oxygen atoms in total. The highest BCUT2D eigenvalue weighted by Crippen LogP contribution is 2.22. The van der Waals surface area contributed by atoms with Crippen LogP contribution in [0, 0.1) is 13.8 Å². The molecule has 3 heterocycles. The second-order valence-corrected chi connectivity index (χ2v) is 6.52. The first kappa shape index (κ1) is 17.9. The quantitative estimate of drug-likeness (QED) is 0.524. The van der Waals surface area contributed by atoms with E-state index in [0.717, 1.165) is 4.68 Å². The number of carbonyl (C=O) groups excluding carboxylic acids is 2. The van der Waals surface area contributed by atoms with Gasteiger partial charge in [0, 0.05) is 5.69 Å². The average molecular weight is 375 g/mol. The number of thiophene rings is 1. The summed E-state index contributed by atoms with van der Waals surface area (Å²) < 4.78 is 11.1. The van der Waals surface area contributed by atoms with E-state index < -0.39 is 11.7 Å². The van der Waals surface area contributed by atoms with Gasteiger partial charge in [0.25, 0.3) is 5.89 Å². The molecule has 3 aromatic rings. The van der Waals surface area contributed by atoms with E-state index in [4.69, 9.17) is 9.15 Å². The molecule has 0 bridgehead atoms. The molecule has 0 radical (unpaired) electrons. The molecule has 0 atom stereocenters. The van der Waals surface area contributed by atoms with Crippen molar-refractivity contribution in [2.24, 2.45) is 0 Å². The van der Waals surface area contributed by atoms with Crippen LogP contribution in [0.4, 0.5) is 0 Å². The Morgan fingerprint density at radius 3 is 2.81 bits per heavy atom. The zero-order chi connectivity index (χ0) is 18.8. The van der Waals surface area contributed by atoms with Crippen LogP contribution in [0.3, 0.4) is 0 Å². The van der Waals surface area contributed by atoms with Crippen LogP contribution in [-0.2, 0) is 11.3 Å². The number of ether oxygens (including phenoxy) is 1. The Balaban J connectivity index is 1.86. The maximum atomic E-state index is 12.6. The Morgan fingerprint density at radius 2 is 2.15 bits per heavy atom. The van der Waals surface area contributed by atoms with Crippen molar-refractivity contribution in [2.45, 2.75) is 27.3 Å². The lowest BCUT2D eigenvalue weighted by molar-refractivity contribution is 0.0525. The van der Waals surface area contributed by atoms with Crippen LogP contribution >= 0.6 is 11.3 Å². The predicted octanol–water partition coefficient (Wildman–Crippen LogP) is 2.57. The average Bonchev–Trinajstić information content (AvgIpc) is 3.28. The third kappa shape index (κ3) is 3.25. The van der Waals surface area contributed by atoms with Gasteiger partial charge in [-0.25, -0.2) is 9.59 Å². The van der Waals surface area contributed by atoms with Crippen LogP contribution in [0.2, 0.25) is 0 Å². The third-order valence-corrected chi connectivity index (χ3v) is 4.69. The second kappa shape index (κ2) is 7.12. The first-order valence-electron chi connectivity index (χ1n) is 7.93. The van der Waals surface area contributed by atoms with Gasteiger partial charge in [-0.2, -0.15) is 4.68 Å². The van der Waals surface area contributed by atoms with E-state index in [1.807, 2.05) is 11.4 Å². The van der Waals surface area contributed by atoms with Gasteiger partial charge in [-0.1, -0.05) is 6.07 Å². The first-order valence-corrected chi connectivity index (χ1v) is 8.81. The van der Waals surface area contributed by atoms with Crippen molar-refractivity contribution in [1.29, 1.82) is 0 Å². The fourth-order valence-corrected chi connectivity index (χ4v) is 3.30. The van der Waals surface area contributed by atoms with Crippen LogP contribution in [0.25, 0.3) is 10.8 Å². The van der Waals surface area contributed by atoms with E-state index in [1.54, 1.807) is 26.8 Å². The minimum atomic E-state index is -0.715. The maximum Gasteiger partial charge on any atom is 0.437 e. The fourth-order valence-electron chi connectivity index (χ4n) is 2.66. The number of Topliss-reactive ketones (excluding diaryl/α,β-unsaturated/α-hetero) is 1. The number of hydrogen-bond acceptors (Lipinski definition) is 7. The SMILES string of the molecule is CCOC(=O)c1c(C)[nH]c(C(=O)Cn2nc(-c3cccs3)oc2=O)c1C. The molecule has 0 aliphatic heterocycles. The zero-order valence-electron chi connectivity index (χ0n) is 14.5. The zero-order valence-corrected chi connectivity index (χ0v) is 15.3. The van der Waals surface area contributed by atoms with Crippen molar-refractivity contribution < 1.29 is 18.7 Å². The van der Waals surface area contributed by atoms with Crippen molar-refractivity contribution >= 4 is 23.1 Å². The van der Waals surface area contributed by atoms with Crippen LogP contribution in [0.15, 0.2) is 26.7 Å². The van der Waals surface area contributed by atoms with E-state index in [-0.39, 0.29) is 30.5 Å². The van der Waals surface area contributed by atoms with Crippen molar-refractivity contribution in [3.63, 3.8) is 0 Å². The standard InChI is InChI=1S/C17H17N3O5S/c1-4-24-16(22)13-9(2)14(18-10(13)3)11(21)8-20-17(23)25-15(19-20)12-6-5-7-26-12/h5-7,18H,4,8H2,1-3H3. The van der Waals surface area contributed by atoms with Crippen LogP contribution in [0.5, 0.6) is 0 Å². The van der Waals surface area contributed by atoms with E-state index >= 15 is 0 Å². The number of aromatic amines is 1. The lowest BCUT2D eigenvalue weighted by Crippen LogP contribution is -2.22. The Kier molecular flexibility index (Phi) is 4.90. The number of esters is 1. The molecule has 1 N–H and O–H groups in total. The molecule has 9 heteroatoms. The summed E-state index contributed by atoms with van der Waals surface area (Å²) >= 11 is 1.38. The van der Waals surface area contributed by atoms with E-state index in [0.29, 0.717) is 21.7 Å². The number of rotatable bonds is 6. The molecule has 3 rings (SSSR count). The fraction of sp³-hybridized carbons (Fsp3) is 0.294. The lowest BCUT2D eigenvalue weighted by atomic mass is 10.1. The number of aromatic nitrogens is 3. The minimum absolute atomic E-state index is 0.171. The molecule has 0 aromatic carbocycles. The van der Waals surface area contributed by atoms with Gasteiger partial charge < -0.3 is 14.1 Å². The smallest absolute Gasteiger partial charge is 0.437 e. The number of hydrogen-bond donors (Lipinski definition) is 1. The molecule has 0 spiro atoms. The van der Waals surface area contributed by atoms with Crippen LogP contribution in [-0.4, -0.2) is 33.1 Å². The topological polar surface area (TPSA) is 107 Å². The van der Waals surface area contributed by atoms with Crippen LogP contribution < -0.4 is 5.76 Å².